The Labute approximate surface area is 198 Å². The fourth-order valence-corrected chi connectivity index (χ4v) is 6.19. The zero-order chi connectivity index (χ0) is 24.7. The number of carbonyl (C=O) groups is 1. The predicted molar refractivity (Wildman–Crippen MR) is 132 cm³/mol. The Kier molecular flexibility index (Phi) is 6.92. The second kappa shape index (κ2) is 9.06. The van der Waals surface area contributed by atoms with E-state index in [9.17, 15) is 13.2 Å². The first-order valence-corrected chi connectivity index (χ1v) is 12.8. The molecule has 33 heavy (non-hydrogen) atoms. The van der Waals surface area contributed by atoms with Crippen LogP contribution in [-0.4, -0.2) is 59.5 Å². The average molecular weight is 473 g/mol. The number of aromatic nitrogens is 2. The van der Waals surface area contributed by atoms with Gasteiger partial charge >= 0.3 is 0 Å². The maximum Gasteiger partial charge on any atom is 0.246 e. The fraction of sp³-hybridized carbons (Fsp3) is 0.520. The van der Waals surface area contributed by atoms with Crippen LogP contribution in [0.15, 0.2) is 23.1 Å². The van der Waals surface area contributed by atoms with Gasteiger partial charge in [-0.3, -0.25) is 9.48 Å². The zero-order valence-electron chi connectivity index (χ0n) is 21.1. The molecule has 0 bridgehead atoms. The van der Waals surface area contributed by atoms with Crippen molar-refractivity contribution in [3.8, 4) is 0 Å². The summed E-state index contributed by atoms with van der Waals surface area (Å²) in [4.78, 5) is 14.8. The quantitative estimate of drug-likeness (QED) is 0.639. The van der Waals surface area contributed by atoms with E-state index in [2.05, 4.69) is 25.9 Å². The molecule has 0 atom stereocenters. The van der Waals surface area contributed by atoms with Crippen molar-refractivity contribution in [1.29, 1.82) is 0 Å². The molecule has 0 N–H and O–H groups in total. The summed E-state index contributed by atoms with van der Waals surface area (Å²) in [7, 11) is -1.76. The van der Waals surface area contributed by atoms with Crippen LogP contribution in [0.25, 0.3) is 6.08 Å². The maximum absolute atomic E-state index is 13.5. The van der Waals surface area contributed by atoms with E-state index >= 15 is 0 Å². The molecule has 7 nitrogen and oxygen atoms in total. The van der Waals surface area contributed by atoms with E-state index in [-0.39, 0.29) is 24.4 Å². The topological polar surface area (TPSA) is 75.5 Å². The molecule has 0 radical (unpaired) electrons. The molecule has 1 aliphatic rings. The first kappa shape index (κ1) is 25.2. The molecule has 1 amide bonds. The number of nitrogens with zero attached hydrogens (tertiary/aromatic N) is 4. The molecule has 1 aromatic heterocycles. The number of sulfonamides is 1. The highest BCUT2D eigenvalue weighted by Crippen LogP contribution is 2.31. The Morgan fingerprint density at radius 3 is 2.00 bits per heavy atom. The van der Waals surface area contributed by atoms with Gasteiger partial charge in [-0.15, -0.1) is 0 Å². The molecule has 0 aliphatic carbocycles. The van der Waals surface area contributed by atoms with Gasteiger partial charge in [0.1, 0.15) is 0 Å². The Morgan fingerprint density at radius 1 is 1.00 bits per heavy atom. The Hall–Kier alpha value is -2.45. The predicted octanol–water partition coefficient (Wildman–Crippen LogP) is 3.50. The lowest BCUT2D eigenvalue weighted by Gasteiger charge is -2.34. The third-order valence-corrected chi connectivity index (χ3v) is 8.64. The second-order valence-electron chi connectivity index (χ2n) is 9.96. The normalized spacial score (nSPS) is 16.1. The van der Waals surface area contributed by atoms with Gasteiger partial charge in [0.15, 0.2) is 0 Å². The Bertz CT molecular complexity index is 1170. The lowest BCUT2D eigenvalue weighted by Crippen LogP contribution is -2.50. The van der Waals surface area contributed by atoms with Crippen LogP contribution in [0.4, 0.5) is 0 Å². The van der Waals surface area contributed by atoms with Gasteiger partial charge in [-0.25, -0.2) is 8.42 Å². The number of hydrogen-bond acceptors (Lipinski definition) is 4. The number of carbonyl (C=O) groups excluding carboxylic acids is 1. The van der Waals surface area contributed by atoms with Crippen molar-refractivity contribution < 1.29 is 13.2 Å². The fourth-order valence-electron chi connectivity index (χ4n) is 4.36. The minimum Gasteiger partial charge on any atom is -0.337 e. The van der Waals surface area contributed by atoms with Crippen molar-refractivity contribution >= 4 is 22.0 Å². The third kappa shape index (κ3) is 5.06. The van der Waals surface area contributed by atoms with Crippen LogP contribution in [0.3, 0.4) is 0 Å². The summed E-state index contributed by atoms with van der Waals surface area (Å²) < 4.78 is 30.2. The molecule has 1 saturated heterocycles. The van der Waals surface area contributed by atoms with Crippen LogP contribution in [0.2, 0.25) is 0 Å². The molecule has 180 valence electrons. The zero-order valence-corrected chi connectivity index (χ0v) is 21.9. The van der Waals surface area contributed by atoms with Gasteiger partial charge in [0.05, 0.1) is 10.6 Å². The van der Waals surface area contributed by atoms with Gasteiger partial charge < -0.3 is 4.90 Å². The highest BCUT2D eigenvalue weighted by Gasteiger charge is 2.32. The summed E-state index contributed by atoms with van der Waals surface area (Å²) in [6, 6.07) is 3.96. The SMILES string of the molecule is Cc1cc(C(C)(C)C)cc(C)c1S(=O)(=O)N1CCN(C(=O)C=Cc2c(C)nn(C)c2C)CC1. The van der Waals surface area contributed by atoms with Crippen molar-refractivity contribution in [3.63, 3.8) is 0 Å². The lowest BCUT2D eigenvalue weighted by atomic mass is 9.85. The van der Waals surface area contributed by atoms with E-state index in [0.29, 0.717) is 18.0 Å². The summed E-state index contributed by atoms with van der Waals surface area (Å²) in [6.45, 7) is 15.3. The highest BCUT2D eigenvalue weighted by molar-refractivity contribution is 7.89. The van der Waals surface area contributed by atoms with Crippen LogP contribution >= 0.6 is 0 Å². The average Bonchev–Trinajstić information content (AvgIpc) is 2.96. The minimum absolute atomic E-state index is 0.0514. The largest absolute Gasteiger partial charge is 0.337 e. The minimum atomic E-state index is -3.63. The van der Waals surface area contributed by atoms with Gasteiger partial charge in [-0.2, -0.15) is 9.40 Å². The van der Waals surface area contributed by atoms with E-state index < -0.39 is 10.0 Å². The van der Waals surface area contributed by atoms with E-state index in [1.165, 1.54) is 4.31 Å². The van der Waals surface area contributed by atoms with Crippen molar-refractivity contribution in [3.05, 3.63) is 51.9 Å². The molecule has 0 unspecified atom stereocenters. The smallest absolute Gasteiger partial charge is 0.246 e. The van der Waals surface area contributed by atoms with E-state index in [1.807, 2.05) is 46.9 Å². The first-order chi connectivity index (χ1) is 15.2. The third-order valence-electron chi connectivity index (χ3n) is 6.43. The number of rotatable bonds is 4. The summed E-state index contributed by atoms with van der Waals surface area (Å²) in [5.74, 6) is -0.114. The Balaban J connectivity index is 1.73. The molecular formula is C25H36N4O3S. The summed E-state index contributed by atoms with van der Waals surface area (Å²) in [5, 5.41) is 4.37. The summed E-state index contributed by atoms with van der Waals surface area (Å²) in [5.41, 5.74) is 5.42. The number of benzene rings is 1. The molecular weight excluding hydrogens is 436 g/mol. The van der Waals surface area contributed by atoms with E-state index in [0.717, 1.165) is 33.6 Å². The molecule has 8 heteroatoms. The maximum atomic E-state index is 13.5. The number of hydrogen-bond donors (Lipinski definition) is 0. The van der Waals surface area contributed by atoms with Crippen molar-refractivity contribution in [2.24, 2.45) is 7.05 Å². The number of aryl methyl sites for hydroxylation is 4. The number of piperazine rings is 1. The van der Waals surface area contributed by atoms with E-state index in [4.69, 9.17) is 0 Å². The van der Waals surface area contributed by atoms with Crippen molar-refractivity contribution in [1.82, 2.24) is 19.0 Å². The molecule has 2 aromatic rings. The molecule has 2 heterocycles. The van der Waals surface area contributed by atoms with E-state index in [1.54, 1.807) is 21.7 Å². The number of amides is 1. The summed E-state index contributed by atoms with van der Waals surface area (Å²) >= 11 is 0. The first-order valence-electron chi connectivity index (χ1n) is 11.3. The van der Waals surface area contributed by atoms with Crippen LogP contribution < -0.4 is 0 Å². The Morgan fingerprint density at radius 2 is 1.55 bits per heavy atom. The molecule has 3 rings (SSSR count). The molecule has 1 aromatic carbocycles. The highest BCUT2D eigenvalue weighted by atomic mass is 32.2. The van der Waals surface area contributed by atoms with Gasteiger partial charge in [-0.05, 0) is 55.9 Å². The van der Waals surface area contributed by atoms with Crippen LogP contribution in [-0.2, 0) is 27.3 Å². The van der Waals surface area contributed by atoms with Gasteiger partial charge in [-0.1, -0.05) is 32.9 Å². The van der Waals surface area contributed by atoms with Gasteiger partial charge in [0, 0.05) is 50.6 Å². The molecule has 0 saturated carbocycles. The van der Waals surface area contributed by atoms with Gasteiger partial charge in [0.25, 0.3) is 0 Å². The molecule has 0 spiro atoms. The monoisotopic (exact) mass is 472 g/mol. The van der Waals surface area contributed by atoms with Crippen LogP contribution in [0.5, 0.6) is 0 Å². The van der Waals surface area contributed by atoms with Crippen LogP contribution in [0.1, 0.15) is 54.4 Å². The standard InChI is InChI=1S/C25H36N4O3S/c1-17-15-21(25(5,6)7)16-18(2)24(17)33(31,32)29-13-11-28(12-14-29)23(30)10-9-22-19(3)26-27(8)20(22)4/h9-10,15-16H,11-14H2,1-8H3. The summed E-state index contributed by atoms with van der Waals surface area (Å²) in [6.07, 6.45) is 3.35. The molecule has 1 fully saturated rings. The van der Waals surface area contributed by atoms with Crippen molar-refractivity contribution in [2.75, 3.05) is 26.2 Å². The van der Waals surface area contributed by atoms with Crippen LogP contribution in [0, 0.1) is 27.7 Å². The van der Waals surface area contributed by atoms with Crippen molar-refractivity contribution in [2.45, 2.75) is 58.8 Å². The molecule has 1 aliphatic heterocycles. The van der Waals surface area contributed by atoms with Gasteiger partial charge in [0.2, 0.25) is 15.9 Å². The second-order valence-corrected chi connectivity index (χ2v) is 11.8. The lowest BCUT2D eigenvalue weighted by molar-refractivity contribution is -0.127.